The second kappa shape index (κ2) is 8.08. The Hall–Kier alpha value is -3.42. The van der Waals surface area contributed by atoms with Crippen molar-refractivity contribution >= 4 is 11.9 Å². The maximum atomic E-state index is 12.5. The van der Waals surface area contributed by atoms with Crippen LogP contribution in [-0.4, -0.2) is 33.7 Å². The number of ether oxygens (including phenoxy) is 2. The van der Waals surface area contributed by atoms with Crippen molar-refractivity contribution in [1.29, 1.82) is 0 Å². The second-order valence-electron chi connectivity index (χ2n) is 6.30. The molecule has 0 aliphatic heterocycles. The third-order valence-corrected chi connectivity index (χ3v) is 4.23. The minimum atomic E-state index is -0.586. The highest BCUT2D eigenvalue weighted by Crippen LogP contribution is 2.21. The van der Waals surface area contributed by atoms with Gasteiger partial charge in [0, 0.05) is 11.3 Å². The molecule has 28 heavy (non-hydrogen) atoms. The van der Waals surface area contributed by atoms with Crippen LogP contribution in [0.5, 0.6) is 0 Å². The average Bonchev–Trinajstić information content (AvgIpc) is 3.25. The molecule has 2 heterocycles. The largest absolute Gasteiger partial charge is 0.461 e. The lowest BCUT2D eigenvalue weighted by molar-refractivity contribution is 0.0428. The molecule has 8 heteroatoms. The summed E-state index contributed by atoms with van der Waals surface area (Å²) in [5.74, 6) is -0.497. The fourth-order valence-electron chi connectivity index (χ4n) is 2.80. The van der Waals surface area contributed by atoms with Crippen LogP contribution in [0, 0.1) is 20.8 Å². The first kappa shape index (κ1) is 19.3. The highest BCUT2D eigenvalue weighted by Gasteiger charge is 2.24. The number of nitrogens with zero attached hydrogens (tertiary/aromatic N) is 2. The maximum absolute atomic E-state index is 12.5. The van der Waals surface area contributed by atoms with E-state index in [2.05, 4.69) is 15.1 Å². The first-order valence-corrected chi connectivity index (χ1v) is 8.83. The number of aryl methyl sites for hydroxylation is 2. The van der Waals surface area contributed by atoms with E-state index >= 15 is 0 Å². The zero-order valence-electron chi connectivity index (χ0n) is 16.2. The van der Waals surface area contributed by atoms with E-state index in [0.717, 1.165) is 11.1 Å². The van der Waals surface area contributed by atoms with E-state index in [9.17, 15) is 9.59 Å². The molecule has 2 aromatic heterocycles. The Labute approximate surface area is 161 Å². The van der Waals surface area contributed by atoms with Crippen LogP contribution in [0.3, 0.4) is 0 Å². The number of carbonyl (C=O) groups is 2. The monoisotopic (exact) mass is 383 g/mol. The van der Waals surface area contributed by atoms with Gasteiger partial charge in [-0.1, -0.05) is 35.0 Å². The molecule has 0 radical (unpaired) electrons. The quantitative estimate of drug-likeness (QED) is 0.649. The lowest BCUT2D eigenvalue weighted by Crippen LogP contribution is -2.09. The summed E-state index contributed by atoms with van der Waals surface area (Å²) in [4.78, 5) is 31.6. The van der Waals surface area contributed by atoms with Crippen molar-refractivity contribution in [2.45, 2.75) is 34.3 Å². The Morgan fingerprint density at radius 3 is 2.46 bits per heavy atom. The smallest absolute Gasteiger partial charge is 0.355 e. The second-order valence-corrected chi connectivity index (χ2v) is 6.30. The highest BCUT2D eigenvalue weighted by atomic mass is 16.6. The highest BCUT2D eigenvalue weighted by molar-refractivity contribution is 5.98. The Morgan fingerprint density at radius 2 is 1.79 bits per heavy atom. The first-order valence-electron chi connectivity index (χ1n) is 8.83. The van der Waals surface area contributed by atoms with Crippen molar-refractivity contribution in [1.82, 2.24) is 15.1 Å². The summed E-state index contributed by atoms with van der Waals surface area (Å²) in [6.45, 7) is 7.13. The molecule has 0 amide bonds. The molecule has 146 valence electrons. The van der Waals surface area contributed by atoms with E-state index in [4.69, 9.17) is 14.0 Å². The van der Waals surface area contributed by atoms with Gasteiger partial charge in [-0.2, -0.15) is 4.98 Å². The van der Waals surface area contributed by atoms with Crippen molar-refractivity contribution in [2.75, 3.05) is 6.61 Å². The van der Waals surface area contributed by atoms with Gasteiger partial charge in [-0.15, -0.1) is 0 Å². The van der Waals surface area contributed by atoms with E-state index in [1.165, 1.54) is 0 Å². The molecular formula is C20H21N3O5. The summed E-state index contributed by atoms with van der Waals surface area (Å²) in [5.41, 5.74) is 3.47. The molecule has 0 saturated heterocycles. The lowest BCUT2D eigenvalue weighted by atomic mass is 10.1. The molecule has 0 bridgehead atoms. The van der Waals surface area contributed by atoms with Crippen LogP contribution in [0.4, 0.5) is 0 Å². The van der Waals surface area contributed by atoms with Gasteiger partial charge in [0.25, 0.3) is 5.89 Å². The summed E-state index contributed by atoms with van der Waals surface area (Å²) in [7, 11) is 0. The summed E-state index contributed by atoms with van der Waals surface area (Å²) in [6, 6.07) is 7.67. The van der Waals surface area contributed by atoms with Crippen molar-refractivity contribution in [3.05, 3.63) is 58.2 Å². The molecule has 0 atom stereocenters. The fraction of sp³-hybridized carbons (Fsp3) is 0.300. The third kappa shape index (κ3) is 3.95. The van der Waals surface area contributed by atoms with Gasteiger partial charge in [0.1, 0.15) is 5.69 Å². The Balaban J connectivity index is 1.70. The molecule has 3 aromatic rings. The number of carbonyl (C=O) groups excluding carboxylic acids is 2. The van der Waals surface area contributed by atoms with Crippen molar-refractivity contribution in [3.63, 3.8) is 0 Å². The minimum absolute atomic E-state index is 0.170. The molecule has 0 fully saturated rings. The van der Waals surface area contributed by atoms with Gasteiger partial charge in [0.15, 0.2) is 6.61 Å². The number of aromatic amines is 1. The minimum Gasteiger partial charge on any atom is -0.461 e. The van der Waals surface area contributed by atoms with E-state index in [1.54, 1.807) is 20.8 Å². The average molecular weight is 383 g/mol. The molecule has 8 nitrogen and oxygen atoms in total. The molecule has 0 aliphatic rings. The van der Waals surface area contributed by atoms with Gasteiger partial charge in [-0.05, 0) is 33.3 Å². The number of hydrogen-bond acceptors (Lipinski definition) is 7. The van der Waals surface area contributed by atoms with Crippen LogP contribution in [-0.2, 0) is 16.1 Å². The zero-order valence-corrected chi connectivity index (χ0v) is 16.2. The third-order valence-electron chi connectivity index (χ3n) is 4.23. The molecule has 1 N–H and O–H groups in total. The first-order chi connectivity index (χ1) is 13.4. The van der Waals surface area contributed by atoms with E-state index < -0.39 is 11.9 Å². The van der Waals surface area contributed by atoms with Crippen molar-refractivity contribution < 1.29 is 23.6 Å². The van der Waals surface area contributed by atoms with E-state index in [0.29, 0.717) is 22.6 Å². The maximum Gasteiger partial charge on any atom is 0.355 e. The molecule has 1 aromatic carbocycles. The van der Waals surface area contributed by atoms with Gasteiger partial charge in [-0.25, -0.2) is 9.59 Å². The van der Waals surface area contributed by atoms with Crippen molar-refractivity contribution in [2.24, 2.45) is 0 Å². The number of rotatable bonds is 6. The van der Waals surface area contributed by atoms with E-state index in [-0.39, 0.29) is 24.8 Å². The van der Waals surface area contributed by atoms with Crippen LogP contribution in [0.2, 0.25) is 0 Å². The fourth-order valence-corrected chi connectivity index (χ4v) is 2.80. The van der Waals surface area contributed by atoms with Gasteiger partial charge in [0.2, 0.25) is 5.82 Å². The molecule has 0 spiro atoms. The van der Waals surface area contributed by atoms with Crippen LogP contribution >= 0.6 is 0 Å². The molecule has 0 saturated carbocycles. The number of nitrogens with one attached hydrogen (secondary N) is 1. The number of esters is 2. The summed E-state index contributed by atoms with van der Waals surface area (Å²) >= 11 is 0. The zero-order chi connectivity index (χ0) is 20.3. The normalized spacial score (nSPS) is 10.7. The standard InChI is InChI=1S/C20H21N3O5/c1-5-26-20(25)17-12(3)16(13(4)21-17)19(24)27-10-15-22-18(23-28-15)14-8-6-11(2)7-9-14/h6-9,21H,5,10H2,1-4H3. The van der Waals surface area contributed by atoms with Gasteiger partial charge >= 0.3 is 11.9 Å². The lowest BCUT2D eigenvalue weighted by Gasteiger charge is -2.03. The molecule has 3 rings (SSSR count). The SMILES string of the molecule is CCOC(=O)c1[nH]c(C)c(C(=O)OCc2nc(-c3ccc(C)cc3)no2)c1C. The van der Waals surface area contributed by atoms with Crippen molar-refractivity contribution in [3.8, 4) is 11.4 Å². The molecule has 0 unspecified atom stereocenters. The van der Waals surface area contributed by atoms with Crippen LogP contribution in [0.25, 0.3) is 11.4 Å². The Morgan fingerprint density at radius 1 is 1.07 bits per heavy atom. The summed E-state index contributed by atoms with van der Waals surface area (Å²) < 4.78 is 15.4. The topological polar surface area (TPSA) is 107 Å². The van der Waals surface area contributed by atoms with Gasteiger partial charge < -0.3 is 19.0 Å². The van der Waals surface area contributed by atoms with Crippen LogP contribution < -0.4 is 0 Å². The number of aromatic nitrogens is 3. The van der Waals surface area contributed by atoms with Crippen LogP contribution in [0.15, 0.2) is 28.8 Å². The summed E-state index contributed by atoms with van der Waals surface area (Å²) in [6.07, 6.45) is 0. The van der Waals surface area contributed by atoms with Gasteiger partial charge in [0.05, 0.1) is 12.2 Å². The Kier molecular flexibility index (Phi) is 5.58. The summed E-state index contributed by atoms with van der Waals surface area (Å²) in [5, 5.41) is 3.90. The number of benzene rings is 1. The predicted molar refractivity (Wildman–Crippen MR) is 99.8 cm³/mol. The molecular weight excluding hydrogens is 362 g/mol. The number of H-pyrrole nitrogens is 1. The molecule has 0 aliphatic carbocycles. The number of hydrogen-bond donors (Lipinski definition) is 1. The van der Waals surface area contributed by atoms with Crippen LogP contribution in [0.1, 0.15) is 50.5 Å². The Bertz CT molecular complexity index is 1000. The predicted octanol–water partition coefficient (Wildman–Crippen LogP) is 3.52. The van der Waals surface area contributed by atoms with Gasteiger partial charge in [-0.3, -0.25) is 0 Å². The van der Waals surface area contributed by atoms with E-state index in [1.807, 2.05) is 31.2 Å².